The van der Waals surface area contributed by atoms with Crippen LogP contribution in [0.15, 0.2) is 25.3 Å². The molecular weight excluding hydrogens is 484 g/mol. The van der Waals surface area contributed by atoms with Gasteiger partial charge < -0.3 is 39.1 Å². The van der Waals surface area contributed by atoms with E-state index in [0.717, 1.165) is 0 Å². The van der Waals surface area contributed by atoms with Gasteiger partial charge in [-0.2, -0.15) is 0 Å². The van der Waals surface area contributed by atoms with Crippen molar-refractivity contribution in [2.24, 2.45) is 5.92 Å². The van der Waals surface area contributed by atoms with Crippen LogP contribution in [0.4, 0.5) is 4.79 Å². The molecule has 0 spiro atoms. The van der Waals surface area contributed by atoms with E-state index in [-0.39, 0.29) is 19.4 Å². The van der Waals surface area contributed by atoms with Crippen molar-refractivity contribution in [1.29, 1.82) is 0 Å². The van der Waals surface area contributed by atoms with Crippen molar-refractivity contribution < 1.29 is 42.8 Å². The predicted octanol–water partition coefficient (Wildman–Crippen LogP) is 2.59. The van der Waals surface area contributed by atoms with E-state index in [1.807, 2.05) is 0 Å². The van der Waals surface area contributed by atoms with Crippen LogP contribution in [0.5, 0.6) is 0 Å². The molecule has 210 valence electrons. The van der Waals surface area contributed by atoms with Crippen molar-refractivity contribution >= 4 is 18.0 Å². The molecule has 0 aliphatic carbocycles. The number of hydrogen-bond acceptors (Lipinski definition) is 9. The largest absolute Gasteiger partial charge is 0.461 e. The molecular formula is C26H42N2O9. The standard InChI is InChI=1S/C26H42N2O9/c1-10-12-16(22(30)27-15(3)14-17(29)33-13-11-2)18(28-24(31)37-25(4,5)6)19-20(32-9)21-23(34-19)36-26(7,8)35-21/h10-11,15-16,18-21,23H,1-2,12-14H2,3-9H3,(H,27,30)(H,28,31)/t15-,16+,18+,19-,20+,21-,23-/m1/s1. The van der Waals surface area contributed by atoms with Gasteiger partial charge in [0.15, 0.2) is 12.1 Å². The lowest BCUT2D eigenvalue weighted by atomic mass is 9.87. The van der Waals surface area contributed by atoms with Crippen LogP contribution in [0.1, 0.15) is 54.4 Å². The summed E-state index contributed by atoms with van der Waals surface area (Å²) in [5, 5.41) is 5.64. The Kier molecular flexibility index (Phi) is 10.7. The number of amides is 2. The number of esters is 1. The monoisotopic (exact) mass is 526 g/mol. The van der Waals surface area contributed by atoms with E-state index in [0.29, 0.717) is 0 Å². The molecule has 2 amide bonds. The van der Waals surface area contributed by atoms with E-state index in [9.17, 15) is 14.4 Å². The van der Waals surface area contributed by atoms with Gasteiger partial charge in [0, 0.05) is 13.2 Å². The molecule has 0 radical (unpaired) electrons. The van der Waals surface area contributed by atoms with E-state index < -0.39 is 72.0 Å². The van der Waals surface area contributed by atoms with E-state index in [2.05, 4.69) is 23.8 Å². The maximum absolute atomic E-state index is 13.5. The fourth-order valence-corrected chi connectivity index (χ4v) is 4.37. The van der Waals surface area contributed by atoms with Crippen LogP contribution in [0.25, 0.3) is 0 Å². The summed E-state index contributed by atoms with van der Waals surface area (Å²) in [6.07, 6.45) is -0.317. The molecule has 0 aromatic carbocycles. The highest BCUT2D eigenvalue weighted by Crippen LogP contribution is 2.40. The highest BCUT2D eigenvalue weighted by Gasteiger charge is 2.58. The van der Waals surface area contributed by atoms with Crippen molar-refractivity contribution in [2.45, 2.75) is 102 Å². The zero-order valence-electron chi connectivity index (χ0n) is 22.9. The van der Waals surface area contributed by atoms with Gasteiger partial charge in [-0.25, -0.2) is 4.79 Å². The van der Waals surface area contributed by atoms with Crippen molar-refractivity contribution in [1.82, 2.24) is 10.6 Å². The summed E-state index contributed by atoms with van der Waals surface area (Å²) < 4.78 is 34.2. The minimum absolute atomic E-state index is 0.0356. The van der Waals surface area contributed by atoms with Gasteiger partial charge in [0.05, 0.1) is 18.4 Å². The van der Waals surface area contributed by atoms with Gasteiger partial charge in [-0.15, -0.1) is 6.58 Å². The summed E-state index contributed by atoms with van der Waals surface area (Å²) >= 11 is 0. The summed E-state index contributed by atoms with van der Waals surface area (Å²) in [6.45, 7) is 17.8. The number of ether oxygens (including phenoxy) is 6. The number of hydrogen-bond donors (Lipinski definition) is 2. The van der Waals surface area contributed by atoms with E-state index in [1.54, 1.807) is 47.6 Å². The summed E-state index contributed by atoms with van der Waals surface area (Å²) in [6, 6.07) is -1.44. The molecule has 0 unspecified atom stereocenters. The molecule has 2 rings (SSSR count). The van der Waals surface area contributed by atoms with Crippen LogP contribution in [-0.4, -0.2) is 79.8 Å². The summed E-state index contributed by atoms with van der Waals surface area (Å²) in [4.78, 5) is 38.3. The van der Waals surface area contributed by atoms with Crippen molar-refractivity contribution in [3.63, 3.8) is 0 Å². The first-order valence-corrected chi connectivity index (χ1v) is 12.4. The number of allylic oxidation sites excluding steroid dienone is 1. The number of carbonyl (C=O) groups excluding carboxylic acids is 3. The second-order valence-corrected chi connectivity index (χ2v) is 10.7. The molecule has 11 heteroatoms. The number of alkyl carbamates (subject to hydrolysis) is 1. The third kappa shape index (κ3) is 8.80. The topological polar surface area (TPSA) is 131 Å². The Morgan fingerprint density at radius 1 is 1.11 bits per heavy atom. The Bertz CT molecular complexity index is 838. The molecule has 0 aromatic heterocycles. The maximum atomic E-state index is 13.5. The quantitative estimate of drug-likeness (QED) is 0.291. The van der Waals surface area contributed by atoms with Crippen LogP contribution in [-0.2, 0) is 38.0 Å². The first-order chi connectivity index (χ1) is 17.2. The molecule has 2 heterocycles. The first-order valence-electron chi connectivity index (χ1n) is 12.4. The lowest BCUT2D eigenvalue weighted by molar-refractivity contribution is -0.221. The molecule has 0 bridgehead atoms. The fraction of sp³-hybridized carbons (Fsp3) is 0.731. The molecule has 2 fully saturated rings. The van der Waals surface area contributed by atoms with Gasteiger partial charge in [0.25, 0.3) is 0 Å². The van der Waals surface area contributed by atoms with Gasteiger partial charge in [0.2, 0.25) is 5.91 Å². The molecule has 2 aliphatic rings. The lowest BCUT2D eigenvalue weighted by Crippen LogP contribution is -2.58. The van der Waals surface area contributed by atoms with Gasteiger partial charge in [-0.3, -0.25) is 9.59 Å². The number of fused-ring (bicyclic) bond motifs is 1. The number of methoxy groups -OCH3 is 1. The third-order valence-corrected chi connectivity index (χ3v) is 5.75. The minimum Gasteiger partial charge on any atom is -0.461 e. The summed E-state index contributed by atoms with van der Waals surface area (Å²) in [7, 11) is 1.50. The second-order valence-electron chi connectivity index (χ2n) is 10.7. The van der Waals surface area contributed by atoms with Crippen LogP contribution >= 0.6 is 0 Å². The SMILES string of the molecule is C=CCOC(=O)C[C@@H](C)NC(=O)[C@@H](CC=C)[C@H](NC(=O)OC(C)(C)C)[C@H]1O[C@@H]2OC(C)(C)O[C@@H]2[C@H]1OC. The molecule has 0 saturated carbocycles. The van der Waals surface area contributed by atoms with E-state index in [1.165, 1.54) is 13.2 Å². The Labute approximate surface area is 219 Å². The van der Waals surface area contributed by atoms with Crippen LogP contribution in [0, 0.1) is 5.92 Å². The number of carbonyl (C=O) groups is 3. The Balaban J connectivity index is 2.29. The zero-order chi connectivity index (χ0) is 28.0. The highest BCUT2D eigenvalue weighted by atomic mass is 16.8. The highest BCUT2D eigenvalue weighted by molar-refractivity contribution is 5.82. The van der Waals surface area contributed by atoms with E-state index in [4.69, 9.17) is 28.4 Å². The van der Waals surface area contributed by atoms with Gasteiger partial charge in [-0.1, -0.05) is 18.7 Å². The molecule has 11 nitrogen and oxygen atoms in total. The Hall–Kier alpha value is -2.47. The number of rotatable bonds is 12. The van der Waals surface area contributed by atoms with Gasteiger partial charge >= 0.3 is 12.1 Å². The molecule has 0 aromatic rings. The Morgan fingerprint density at radius 2 is 1.78 bits per heavy atom. The summed E-state index contributed by atoms with van der Waals surface area (Å²) in [5.74, 6) is -2.60. The van der Waals surface area contributed by atoms with Crippen LogP contribution in [0.2, 0.25) is 0 Å². The number of nitrogens with one attached hydrogen (secondary N) is 2. The zero-order valence-corrected chi connectivity index (χ0v) is 22.9. The molecule has 2 aliphatic heterocycles. The van der Waals surface area contributed by atoms with Crippen molar-refractivity contribution in [3.8, 4) is 0 Å². The Morgan fingerprint density at radius 3 is 2.35 bits per heavy atom. The average Bonchev–Trinajstić information content (AvgIpc) is 3.24. The second kappa shape index (κ2) is 12.9. The fourth-order valence-electron chi connectivity index (χ4n) is 4.37. The predicted molar refractivity (Wildman–Crippen MR) is 134 cm³/mol. The van der Waals surface area contributed by atoms with Crippen LogP contribution in [0.3, 0.4) is 0 Å². The molecule has 7 atom stereocenters. The summed E-state index contributed by atoms with van der Waals surface area (Å²) in [5.41, 5.74) is -0.769. The molecule has 2 N–H and O–H groups in total. The smallest absolute Gasteiger partial charge is 0.407 e. The first kappa shape index (κ1) is 30.8. The van der Waals surface area contributed by atoms with E-state index >= 15 is 0 Å². The van der Waals surface area contributed by atoms with Crippen molar-refractivity contribution in [3.05, 3.63) is 25.3 Å². The third-order valence-electron chi connectivity index (χ3n) is 5.75. The molecule has 2 saturated heterocycles. The van der Waals surface area contributed by atoms with Gasteiger partial charge in [0.1, 0.15) is 30.5 Å². The lowest BCUT2D eigenvalue weighted by Gasteiger charge is -2.35. The van der Waals surface area contributed by atoms with Crippen LogP contribution < -0.4 is 10.6 Å². The normalized spacial score (nSPS) is 26.8. The molecule has 37 heavy (non-hydrogen) atoms. The average molecular weight is 527 g/mol. The minimum atomic E-state index is -0.904. The van der Waals surface area contributed by atoms with Gasteiger partial charge in [-0.05, 0) is 48.0 Å². The maximum Gasteiger partial charge on any atom is 0.407 e. The van der Waals surface area contributed by atoms with Crippen molar-refractivity contribution in [2.75, 3.05) is 13.7 Å².